The summed E-state index contributed by atoms with van der Waals surface area (Å²) in [6, 6.07) is 12.4. The van der Waals surface area contributed by atoms with Gasteiger partial charge >= 0.3 is 0 Å². The van der Waals surface area contributed by atoms with Crippen molar-refractivity contribution in [2.75, 3.05) is 0 Å². The molecule has 3 rings (SSSR count). The highest BCUT2D eigenvalue weighted by atomic mass is 79.9. The van der Waals surface area contributed by atoms with Crippen molar-refractivity contribution in [2.24, 2.45) is 0 Å². The number of nitrogens with zero attached hydrogens (tertiary/aromatic N) is 2. The largest absolute Gasteiger partial charge is 0.251 e. The lowest BCUT2D eigenvalue weighted by Gasteiger charge is -2.02. The predicted octanol–water partition coefficient (Wildman–Crippen LogP) is 6.01. The smallest absolute Gasteiger partial charge is 0.0805 e. The van der Waals surface area contributed by atoms with E-state index >= 15 is 0 Å². The molecule has 0 aromatic carbocycles. The summed E-state index contributed by atoms with van der Waals surface area (Å²) in [6.45, 7) is 4.00. The van der Waals surface area contributed by atoms with Crippen molar-refractivity contribution in [3.63, 3.8) is 0 Å². The van der Waals surface area contributed by atoms with E-state index in [-0.39, 0.29) is 0 Å². The molecule has 3 aromatic rings. The average Bonchev–Trinajstić information content (AvgIpc) is 2.94. The summed E-state index contributed by atoms with van der Waals surface area (Å²) < 4.78 is 2.07. The zero-order valence-electron chi connectivity index (χ0n) is 11.5. The van der Waals surface area contributed by atoms with Crippen molar-refractivity contribution in [1.82, 2.24) is 9.97 Å². The van der Waals surface area contributed by atoms with E-state index in [2.05, 4.69) is 54.0 Å². The fourth-order valence-electron chi connectivity index (χ4n) is 1.98. The van der Waals surface area contributed by atoms with Gasteiger partial charge in [-0.15, -0.1) is 11.3 Å². The molecule has 0 N–H and O–H groups in total. The minimum absolute atomic E-state index is 1.00. The Kier molecular flexibility index (Phi) is 4.24. The van der Waals surface area contributed by atoms with Crippen LogP contribution in [0.3, 0.4) is 0 Å². The lowest BCUT2D eigenvalue weighted by atomic mass is 10.2. The molecule has 3 aromatic heterocycles. The van der Waals surface area contributed by atoms with Crippen LogP contribution in [0.5, 0.6) is 0 Å². The van der Waals surface area contributed by atoms with E-state index in [1.165, 1.54) is 0 Å². The standard InChI is InChI=1S/C16H12Br2N2S/c1-9-11(17)3-5-13(19-9)15-7-8-16(21-15)14-6-4-12(18)10(2)20-14/h3-8H,1-2H3. The van der Waals surface area contributed by atoms with Crippen LogP contribution >= 0.6 is 43.2 Å². The molecule has 0 spiro atoms. The first kappa shape index (κ1) is 14.9. The SMILES string of the molecule is Cc1nc(-c2ccc(-c3ccc(Br)c(C)n3)s2)ccc1Br. The molecule has 0 radical (unpaired) electrons. The Labute approximate surface area is 144 Å². The van der Waals surface area contributed by atoms with Gasteiger partial charge in [0.05, 0.1) is 32.5 Å². The number of aromatic nitrogens is 2. The highest BCUT2D eigenvalue weighted by molar-refractivity contribution is 9.10. The third kappa shape index (κ3) is 3.10. The molecule has 3 heterocycles. The number of hydrogen-bond donors (Lipinski definition) is 0. The van der Waals surface area contributed by atoms with E-state index in [1.807, 2.05) is 38.1 Å². The molecule has 0 unspecified atom stereocenters. The van der Waals surface area contributed by atoms with Crippen molar-refractivity contribution in [3.05, 3.63) is 56.7 Å². The third-order valence-corrected chi connectivity index (χ3v) is 5.96. The highest BCUT2D eigenvalue weighted by Crippen LogP contribution is 2.34. The lowest BCUT2D eigenvalue weighted by Crippen LogP contribution is -1.86. The maximum absolute atomic E-state index is 4.62. The van der Waals surface area contributed by atoms with Gasteiger partial charge < -0.3 is 0 Å². The molecule has 0 aliphatic heterocycles. The zero-order chi connectivity index (χ0) is 15.0. The van der Waals surface area contributed by atoms with Gasteiger partial charge in [-0.25, -0.2) is 0 Å². The molecule has 0 amide bonds. The second-order valence-corrected chi connectivity index (χ2v) is 7.48. The van der Waals surface area contributed by atoms with Crippen LogP contribution in [-0.4, -0.2) is 9.97 Å². The Morgan fingerprint density at radius 3 is 1.52 bits per heavy atom. The molecular formula is C16H12Br2N2S. The van der Waals surface area contributed by atoms with Crippen LogP contribution in [0.4, 0.5) is 0 Å². The fraction of sp³-hybridized carbons (Fsp3) is 0.125. The third-order valence-electron chi connectivity index (χ3n) is 3.15. The molecule has 0 fully saturated rings. The second-order valence-electron chi connectivity index (χ2n) is 4.69. The van der Waals surface area contributed by atoms with Gasteiger partial charge in [-0.3, -0.25) is 9.97 Å². The summed E-state index contributed by atoms with van der Waals surface area (Å²) in [4.78, 5) is 11.5. The Morgan fingerprint density at radius 2 is 1.14 bits per heavy atom. The van der Waals surface area contributed by atoms with Crippen LogP contribution < -0.4 is 0 Å². The summed E-state index contributed by atoms with van der Waals surface area (Å²) in [5.41, 5.74) is 4.00. The number of halogens is 2. The summed E-state index contributed by atoms with van der Waals surface area (Å²) in [7, 11) is 0. The molecular weight excluding hydrogens is 412 g/mol. The lowest BCUT2D eigenvalue weighted by molar-refractivity contribution is 1.19. The molecule has 106 valence electrons. The Hall–Kier alpha value is -1.04. The van der Waals surface area contributed by atoms with E-state index in [0.717, 1.165) is 41.5 Å². The molecule has 0 aliphatic carbocycles. The summed E-state index contributed by atoms with van der Waals surface area (Å²) >= 11 is 8.68. The molecule has 2 nitrogen and oxygen atoms in total. The monoisotopic (exact) mass is 422 g/mol. The van der Waals surface area contributed by atoms with Gasteiger partial charge in [0.25, 0.3) is 0 Å². The van der Waals surface area contributed by atoms with Gasteiger partial charge in [0.2, 0.25) is 0 Å². The number of rotatable bonds is 2. The van der Waals surface area contributed by atoms with Crippen LogP contribution in [0, 0.1) is 13.8 Å². The molecule has 21 heavy (non-hydrogen) atoms. The van der Waals surface area contributed by atoms with Crippen molar-refractivity contribution in [3.8, 4) is 21.1 Å². The van der Waals surface area contributed by atoms with Crippen LogP contribution in [0.15, 0.2) is 45.3 Å². The first-order valence-corrected chi connectivity index (χ1v) is 8.82. The van der Waals surface area contributed by atoms with Crippen LogP contribution in [0.25, 0.3) is 21.1 Å². The second kappa shape index (κ2) is 5.99. The van der Waals surface area contributed by atoms with Gasteiger partial charge in [-0.2, -0.15) is 0 Å². The Morgan fingerprint density at radius 1 is 0.714 bits per heavy atom. The van der Waals surface area contributed by atoms with Gasteiger partial charge in [0, 0.05) is 8.95 Å². The summed E-state index contributed by atoms with van der Waals surface area (Å²) in [6.07, 6.45) is 0. The quantitative estimate of drug-likeness (QED) is 0.504. The molecule has 0 saturated heterocycles. The zero-order valence-corrected chi connectivity index (χ0v) is 15.5. The van der Waals surface area contributed by atoms with Gasteiger partial charge in [-0.1, -0.05) is 0 Å². The van der Waals surface area contributed by atoms with Crippen LogP contribution in [0.1, 0.15) is 11.4 Å². The maximum Gasteiger partial charge on any atom is 0.0805 e. The molecule has 0 atom stereocenters. The number of thiophene rings is 1. The van der Waals surface area contributed by atoms with Crippen molar-refractivity contribution in [2.45, 2.75) is 13.8 Å². The van der Waals surface area contributed by atoms with Gasteiger partial charge in [0.1, 0.15) is 0 Å². The van der Waals surface area contributed by atoms with Crippen LogP contribution in [0.2, 0.25) is 0 Å². The van der Waals surface area contributed by atoms with E-state index in [0.29, 0.717) is 0 Å². The number of hydrogen-bond acceptors (Lipinski definition) is 3. The maximum atomic E-state index is 4.62. The van der Waals surface area contributed by atoms with Crippen molar-refractivity contribution in [1.29, 1.82) is 0 Å². The fourth-order valence-corrected chi connectivity index (χ4v) is 3.36. The first-order chi connectivity index (χ1) is 10.0. The highest BCUT2D eigenvalue weighted by Gasteiger charge is 2.09. The first-order valence-electron chi connectivity index (χ1n) is 6.41. The average molecular weight is 424 g/mol. The van der Waals surface area contributed by atoms with Gasteiger partial charge in [0.15, 0.2) is 0 Å². The van der Waals surface area contributed by atoms with E-state index in [9.17, 15) is 0 Å². The summed E-state index contributed by atoms with van der Waals surface area (Å²) in [5.74, 6) is 0. The van der Waals surface area contributed by atoms with E-state index < -0.39 is 0 Å². The van der Waals surface area contributed by atoms with E-state index in [1.54, 1.807) is 11.3 Å². The summed E-state index contributed by atoms with van der Waals surface area (Å²) in [5, 5.41) is 0. The minimum atomic E-state index is 1.00. The van der Waals surface area contributed by atoms with E-state index in [4.69, 9.17) is 0 Å². The Balaban J connectivity index is 1.99. The van der Waals surface area contributed by atoms with Crippen molar-refractivity contribution >= 4 is 43.2 Å². The Bertz CT molecular complexity index is 746. The number of pyridine rings is 2. The molecule has 0 saturated carbocycles. The molecule has 0 aliphatic rings. The normalized spacial score (nSPS) is 10.9. The minimum Gasteiger partial charge on any atom is -0.251 e. The topological polar surface area (TPSA) is 25.8 Å². The number of aryl methyl sites for hydroxylation is 2. The predicted molar refractivity (Wildman–Crippen MR) is 95.7 cm³/mol. The van der Waals surface area contributed by atoms with Gasteiger partial charge in [-0.05, 0) is 82.1 Å². The molecule has 0 bridgehead atoms. The van der Waals surface area contributed by atoms with Crippen molar-refractivity contribution < 1.29 is 0 Å². The van der Waals surface area contributed by atoms with Crippen LogP contribution in [-0.2, 0) is 0 Å². The molecule has 5 heteroatoms.